The maximum Gasteiger partial charge on any atom is 0.319 e. The molecule has 1 saturated carbocycles. The van der Waals surface area contributed by atoms with Crippen LogP contribution < -0.4 is 16.0 Å². The van der Waals surface area contributed by atoms with Crippen molar-refractivity contribution < 1.29 is 18.8 Å². The van der Waals surface area contributed by atoms with Crippen molar-refractivity contribution in [3.63, 3.8) is 0 Å². The Morgan fingerprint density at radius 1 is 1.07 bits per heavy atom. The molecule has 2 aliphatic rings. The van der Waals surface area contributed by atoms with Crippen LogP contribution in [0.4, 0.5) is 16.2 Å². The summed E-state index contributed by atoms with van der Waals surface area (Å²) in [6, 6.07) is 8.29. The summed E-state index contributed by atoms with van der Waals surface area (Å²) >= 11 is 0. The molecule has 1 aromatic carbocycles. The van der Waals surface area contributed by atoms with Crippen LogP contribution in [0.15, 0.2) is 34.9 Å². The largest absolute Gasteiger partial charge is 0.376 e. The highest BCUT2D eigenvalue weighted by molar-refractivity contribution is 6.03. The zero-order chi connectivity index (χ0) is 18.6. The summed E-state index contributed by atoms with van der Waals surface area (Å²) in [4.78, 5) is 24.1. The Balaban J connectivity index is 1.26. The number of rotatable bonds is 6. The van der Waals surface area contributed by atoms with Crippen molar-refractivity contribution in [2.75, 3.05) is 23.8 Å². The first-order valence-corrected chi connectivity index (χ1v) is 9.22. The van der Waals surface area contributed by atoms with Crippen LogP contribution in [0.5, 0.6) is 0 Å². The van der Waals surface area contributed by atoms with Gasteiger partial charge in [-0.15, -0.1) is 0 Å². The molecular formula is C19H22N4O4. The fourth-order valence-electron chi connectivity index (χ4n) is 2.98. The number of carbonyl (C=O) groups is 2. The van der Waals surface area contributed by atoms with Gasteiger partial charge in [-0.2, -0.15) is 0 Å². The summed E-state index contributed by atoms with van der Waals surface area (Å²) in [6.07, 6.45) is 4.29. The summed E-state index contributed by atoms with van der Waals surface area (Å²) in [6.45, 7) is 1.26. The Morgan fingerprint density at radius 2 is 1.81 bits per heavy atom. The molecule has 3 N–H and O–H groups in total. The van der Waals surface area contributed by atoms with Crippen molar-refractivity contribution in [3.05, 3.63) is 41.8 Å². The van der Waals surface area contributed by atoms with Crippen molar-refractivity contribution in [1.29, 1.82) is 0 Å². The number of carbonyl (C=O) groups excluding carboxylic acids is 2. The highest BCUT2D eigenvalue weighted by Gasteiger charge is 2.28. The van der Waals surface area contributed by atoms with Gasteiger partial charge in [0, 0.05) is 36.5 Å². The third-order valence-electron chi connectivity index (χ3n) is 4.66. The zero-order valence-corrected chi connectivity index (χ0v) is 14.9. The van der Waals surface area contributed by atoms with E-state index in [1.165, 1.54) is 0 Å². The van der Waals surface area contributed by atoms with Gasteiger partial charge in [-0.3, -0.25) is 4.79 Å². The van der Waals surface area contributed by atoms with E-state index >= 15 is 0 Å². The van der Waals surface area contributed by atoms with Gasteiger partial charge in [-0.05, 0) is 49.9 Å². The van der Waals surface area contributed by atoms with Crippen LogP contribution in [0.3, 0.4) is 0 Å². The Bertz CT molecular complexity index is 807. The molecule has 2 heterocycles. The van der Waals surface area contributed by atoms with Gasteiger partial charge in [0.2, 0.25) is 0 Å². The number of urea groups is 1. The molecule has 1 aromatic heterocycles. The SMILES string of the molecule is O=C(NC[C@H]1CCCO1)Nc1ccc(NC(=O)c2cc(C3CC3)on2)cc1. The van der Waals surface area contributed by atoms with Gasteiger partial charge in [-0.1, -0.05) is 5.16 Å². The summed E-state index contributed by atoms with van der Waals surface area (Å²) in [5.41, 5.74) is 1.52. The monoisotopic (exact) mass is 370 g/mol. The number of anilines is 2. The summed E-state index contributed by atoms with van der Waals surface area (Å²) in [7, 11) is 0. The van der Waals surface area contributed by atoms with Crippen LogP contribution in [0.1, 0.15) is 47.8 Å². The van der Waals surface area contributed by atoms with E-state index in [0.717, 1.165) is 38.1 Å². The summed E-state index contributed by atoms with van der Waals surface area (Å²) < 4.78 is 10.7. The van der Waals surface area contributed by atoms with Gasteiger partial charge in [0.25, 0.3) is 5.91 Å². The third kappa shape index (κ3) is 4.65. The highest BCUT2D eigenvalue weighted by Crippen LogP contribution is 2.40. The molecular weight excluding hydrogens is 348 g/mol. The van der Waals surface area contributed by atoms with Gasteiger partial charge in [0.1, 0.15) is 5.76 Å². The molecule has 2 aromatic rings. The lowest BCUT2D eigenvalue weighted by atomic mass is 10.2. The molecule has 4 rings (SSSR count). The van der Waals surface area contributed by atoms with Gasteiger partial charge < -0.3 is 25.2 Å². The van der Waals surface area contributed by atoms with Gasteiger partial charge in [0.05, 0.1) is 6.10 Å². The maximum atomic E-state index is 12.2. The molecule has 8 heteroatoms. The number of nitrogens with zero attached hydrogens (tertiary/aromatic N) is 1. The normalized spacial score (nSPS) is 18.9. The second kappa shape index (κ2) is 7.79. The fourth-order valence-corrected chi connectivity index (χ4v) is 2.98. The number of ether oxygens (including phenoxy) is 1. The molecule has 1 saturated heterocycles. The molecule has 1 aliphatic carbocycles. The van der Waals surface area contributed by atoms with Gasteiger partial charge in [-0.25, -0.2) is 4.79 Å². The first-order valence-electron chi connectivity index (χ1n) is 9.22. The number of hydrogen-bond donors (Lipinski definition) is 3. The molecule has 0 radical (unpaired) electrons. The quantitative estimate of drug-likeness (QED) is 0.724. The summed E-state index contributed by atoms with van der Waals surface area (Å²) in [5.74, 6) is 0.866. The highest BCUT2D eigenvalue weighted by atomic mass is 16.5. The minimum absolute atomic E-state index is 0.102. The molecule has 2 fully saturated rings. The van der Waals surface area contributed by atoms with Crippen molar-refractivity contribution in [3.8, 4) is 0 Å². The van der Waals surface area contributed by atoms with Gasteiger partial charge in [0.15, 0.2) is 5.69 Å². The van der Waals surface area contributed by atoms with E-state index in [1.54, 1.807) is 30.3 Å². The maximum absolute atomic E-state index is 12.2. The zero-order valence-electron chi connectivity index (χ0n) is 14.9. The fraction of sp³-hybridized carbons (Fsp3) is 0.421. The molecule has 8 nitrogen and oxygen atoms in total. The minimum Gasteiger partial charge on any atom is -0.376 e. The van der Waals surface area contributed by atoms with E-state index < -0.39 is 0 Å². The number of benzene rings is 1. The van der Waals surface area contributed by atoms with Crippen molar-refractivity contribution in [2.24, 2.45) is 0 Å². The van der Waals surface area contributed by atoms with Crippen LogP contribution in [0.25, 0.3) is 0 Å². The molecule has 3 amide bonds. The molecule has 142 valence electrons. The van der Waals surface area contributed by atoms with Crippen molar-refractivity contribution >= 4 is 23.3 Å². The molecule has 0 unspecified atom stereocenters. The standard InChI is InChI=1S/C19H22N4O4/c24-18(16-10-17(27-23-16)12-3-4-12)21-13-5-7-14(8-6-13)22-19(25)20-11-15-2-1-9-26-15/h5-8,10,12,15H,1-4,9,11H2,(H,21,24)(H2,20,22,25)/t15-/m1/s1. The lowest BCUT2D eigenvalue weighted by Gasteiger charge is -2.12. The average molecular weight is 370 g/mol. The second-order valence-electron chi connectivity index (χ2n) is 6.89. The van der Waals surface area contributed by atoms with Crippen LogP contribution in [-0.2, 0) is 4.74 Å². The van der Waals surface area contributed by atoms with Crippen LogP contribution >= 0.6 is 0 Å². The van der Waals surface area contributed by atoms with E-state index in [2.05, 4.69) is 21.1 Å². The van der Waals surface area contributed by atoms with Crippen molar-refractivity contribution in [1.82, 2.24) is 10.5 Å². The average Bonchev–Trinajstić information content (AvgIpc) is 3.18. The van der Waals surface area contributed by atoms with Crippen LogP contribution in [-0.4, -0.2) is 36.4 Å². The van der Waals surface area contributed by atoms with E-state index in [0.29, 0.717) is 23.8 Å². The first kappa shape index (κ1) is 17.5. The third-order valence-corrected chi connectivity index (χ3v) is 4.66. The Kier molecular flexibility index (Phi) is 5.06. The number of amides is 3. The number of hydrogen-bond acceptors (Lipinski definition) is 5. The molecule has 1 aliphatic heterocycles. The lowest BCUT2D eigenvalue weighted by Crippen LogP contribution is -2.35. The predicted octanol–water partition coefficient (Wildman–Crippen LogP) is 3.10. The Hall–Kier alpha value is -2.87. The van der Waals surface area contributed by atoms with E-state index in [1.807, 2.05) is 0 Å². The first-order chi connectivity index (χ1) is 13.2. The predicted molar refractivity (Wildman–Crippen MR) is 98.9 cm³/mol. The van der Waals surface area contributed by atoms with Crippen LogP contribution in [0, 0.1) is 0 Å². The van der Waals surface area contributed by atoms with E-state index in [-0.39, 0.29) is 23.7 Å². The van der Waals surface area contributed by atoms with E-state index in [9.17, 15) is 9.59 Å². The molecule has 27 heavy (non-hydrogen) atoms. The number of nitrogens with one attached hydrogen (secondary N) is 3. The van der Waals surface area contributed by atoms with Crippen LogP contribution in [0.2, 0.25) is 0 Å². The number of aromatic nitrogens is 1. The second-order valence-corrected chi connectivity index (χ2v) is 6.89. The topological polar surface area (TPSA) is 105 Å². The van der Waals surface area contributed by atoms with Crippen molar-refractivity contribution in [2.45, 2.75) is 37.7 Å². The molecule has 0 bridgehead atoms. The van der Waals surface area contributed by atoms with E-state index in [4.69, 9.17) is 9.26 Å². The molecule has 1 atom stereocenters. The molecule has 0 spiro atoms. The minimum atomic E-state index is -0.319. The van der Waals surface area contributed by atoms with Gasteiger partial charge >= 0.3 is 6.03 Å². The smallest absolute Gasteiger partial charge is 0.319 e. The Labute approximate surface area is 156 Å². The lowest BCUT2D eigenvalue weighted by molar-refractivity contribution is 0.101. The Morgan fingerprint density at radius 3 is 2.48 bits per heavy atom. The summed E-state index contributed by atoms with van der Waals surface area (Å²) in [5, 5.41) is 12.1.